The Morgan fingerprint density at radius 2 is 2.05 bits per heavy atom. The van der Waals surface area contributed by atoms with Crippen molar-refractivity contribution in [1.82, 2.24) is 5.32 Å². The van der Waals surface area contributed by atoms with E-state index in [2.05, 4.69) is 10.6 Å². The maximum absolute atomic E-state index is 13.4. The zero-order valence-corrected chi connectivity index (χ0v) is 11.7. The van der Waals surface area contributed by atoms with Gasteiger partial charge in [-0.05, 0) is 25.1 Å². The molecule has 7 heteroatoms. The van der Waals surface area contributed by atoms with Gasteiger partial charge in [0.05, 0.1) is 12.1 Å². The number of benzene rings is 1. The van der Waals surface area contributed by atoms with Crippen LogP contribution in [0.25, 0.3) is 0 Å². The lowest BCUT2D eigenvalue weighted by molar-refractivity contribution is -0.141. The molecule has 0 aromatic heterocycles. The molecule has 3 N–H and O–H groups in total. The molecular weight excluding hydrogens is 282 g/mol. The number of halogens is 2. The van der Waals surface area contributed by atoms with Crippen LogP contribution in [0.4, 0.5) is 14.5 Å². The lowest BCUT2D eigenvalue weighted by Gasteiger charge is -2.14. The molecule has 1 rings (SSSR count). The molecule has 0 bridgehead atoms. The van der Waals surface area contributed by atoms with Gasteiger partial charge in [0.1, 0.15) is 17.7 Å². The van der Waals surface area contributed by atoms with Gasteiger partial charge in [0.2, 0.25) is 5.91 Å². The third-order valence-electron chi connectivity index (χ3n) is 2.81. The number of anilines is 1. The topological polar surface area (TPSA) is 78.4 Å². The number of carboxylic acid groups (broad SMARTS) is 1. The molecule has 0 saturated heterocycles. The molecule has 0 aliphatic rings. The number of amides is 1. The second-order valence-electron chi connectivity index (χ2n) is 4.57. The quantitative estimate of drug-likeness (QED) is 0.643. The molecule has 21 heavy (non-hydrogen) atoms. The number of rotatable bonds is 8. The van der Waals surface area contributed by atoms with E-state index in [9.17, 15) is 18.4 Å². The molecule has 0 aliphatic carbocycles. The van der Waals surface area contributed by atoms with Gasteiger partial charge in [0.25, 0.3) is 0 Å². The number of carbonyl (C=O) groups excluding carboxylic acids is 1. The van der Waals surface area contributed by atoms with Crippen LogP contribution < -0.4 is 10.6 Å². The van der Waals surface area contributed by atoms with E-state index in [-0.39, 0.29) is 12.1 Å². The zero-order chi connectivity index (χ0) is 15.8. The summed E-state index contributed by atoms with van der Waals surface area (Å²) in [5.74, 6) is -3.47. The molecule has 0 spiro atoms. The van der Waals surface area contributed by atoms with E-state index in [4.69, 9.17) is 5.11 Å². The molecule has 1 atom stereocenters. The van der Waals surface area contributed by atoms with Crippen LogP contribution in [0, 0.1) is 11.6 Å². The Morgan fingerprint density at radius 1 is 1.33 bits per heavy atom. The van der Waals surface area contributed by atoms with Gasteiger partial charge < -0.3 is 15.7 Å². The van der Waals surface area contributed by atoms with Gasteiger partial charge in [-0.15, -0.1) is 0 Å². The number of nitrogens with one attached hydrogen (secondary N) is 2. The van der Waals surface area contributed by atoms with Crippen molar-refractivity contribution in [3.05, 3.63) is 29.8 Å². The molecule has 0 saturated carbocycles. The number of unbranched alkanes of at least 4 members (excludes halogenated alkanes) is 1. The third-order valence-corrected chi connectivity index (χ3v) is 2.81. The molecular formula is C14H18F2N2O3. The van der Waals surface area contributed by atoms with Gasteiger partial charge in [-0.2, -0.15) is 0 Å². The Hall–Kier alpha value is -2.02. The van der Waals surface area contributed by atoms with Crippen molar-refractivity contribution in [3.8, 4) is 0 Å². The molecule has 1 aromatic rings. The minimum absolute atomic E-state index is 0.181. The van der Waals surface area contributed by atoms with E-state index >= 15 is 0 Å². The van der Waals surface area contributed by atoms with Gasteiger partial charge >= 0.3 is 5.97 Å². The highest BCUT2D eigenvalue weighted by Crippen LogP contribution is 2.15. The lowest BCUT2D eigenvalue weighted by Crippen LogP contribution is -2.40. The SMILES string of the molecule is CCCCNC(CC(=O)Nc1ccc(F)cc1F)C(=O)O. The van der Waals surface area contributed by atoms with Crippen molar-refractivity contribution in [1.29, 1.82) is 0 Å². The second kappa shape index (κ2) is 8.31. The molecule has 0 radical (unpaired) electrons. The van der Waals surface area contributed by atoms with Gasteiger partial charge in [0, 0.05) is 6.07 Å². The average molecular weight is 300 g/mol. The van der Waals surface area contributed by atoms with Crippen LogP contribution >= 0.6 is 0 Å². The predicted octanol–water partition coefficient (Wildman–Crippen LogP) is 2.14. The number of hydrogen-bond acceptors (Lipinski definition) is 3. The van der Waals surface area contributed by atoms with Crippen LogP contribution in [0.1, 0.15) is 26.2 Å². The highest BCUT2D eigenvalue weighted by atomic mass is 19.1. The fraction of sp³-hybridized carbons (Fsp3) is 0.429. The Bertz CT molecular complexity index is 509. The smallest absolute Gasteiger partial charge is 0.321 e. The summed E-state index contributed by atoms with van der Waals surface area (Å²) >= 11 is 0. The molecule has 1 amide bonds. The Kier molecular flexibility index (Phi) is 6.74. The maximum atomic E-state index is 13.4. The highest BCUT2D eigenvalue weighted by Gasteiger charge is 2.21. The predicted molar refractivity (Wildman–Crippen MR) is 73.9 cm³/mol. The first-order valence-electron chi connectivity index (χ1n) is 6.65. The van der Waals surface area contributed by atoms with Crippen molar-refractivity contribution in [2.45, 2.75) is 32.2 Å². The molecule has 116 valence electrons. The molecule has 1 unspecified atom stereocenters. The molecule has 5 nitrogen and oxygen atoms in total. The summed E-state index contributed by atoms with van der Waals surface area (Å²) in [5.41, 5.74) is -0.181. The van der Waals surface area contributed by atoms with Gasteiger partial charge in [-0.1, -0.05) is 13.3 Å². The summed E-state index contributed by atoms with van der Waals surface area (Å²) in [6.45, 7) is 2.44. The minimum Gasteiger partial charge on any atom is -0.480 e. The molecule has 0 heterocycles. The molecule has 1 aromatic carbocycles. The van der Waals surface area contributed by atoms with Crippen LogP contribution in [0.5, 0.6) is 0 Å². The van der Waals surface area contributed by atoms with Crippen LogP contribution in [0.15, 0.2) is 18.2 Å². The van der Waals surface area contributed by atoms with E-state index in [0.717, 1.165) is 25.0 Å². The summed E-state index contributed by atoms with van der Waals surface area (Å²) in [7, 11) is 0. The van der Waals surface area contributed by atoms with E-state index in [1.165, 1.54) is 0 Å². The second-order valence-corrected chi connectivity index (χ2v) is 4.57. The first-order chi connectivity index (χ1) is 9.93. The summed E-state index contributed by atoms with van der Waals surface area (Å²) in [6, 6.07) is 1.69. The normalized spacial score (nSPS) is 12.0. The standard InChI is InChI=1S/C14H18F2N2O3/c1-2-3-6-17-12(14(20)21)8-13(19)18-11-5-4-9(15)7-10(11)16/h4-5,7,12,17H,2-3,6,8H2,1H3,(H,18,19)(H,20,21). The largest absolute Gasteiger partial charge is 0.480 e. The van der Waals surface area contributed by atoms with E-state index in [1.807, 2.05) is 6.92 Å². The fourth-order valence-corrected chi connectivity index (χ4v) is 1.68. The third kappa shape index (κ3) is 5.86. The van der Waals surface area contributed by atoms with Crippen LogP contribution in [0.3, 0.4) is 0 Å². The summed E-state index contributed by atoms with van der Waals surface area (Å²) in [5, 5.41) is 14.0. The number of aliphatic carboxylic acids is 1. The number of carboxylic acids is 1. The van der Waals surface area contributed by atoms with Gasteiger partial charge in [0.15, 0.2) is 0 Å². The van der Waals surface area contributed by atoms with Gasteiger partial charge in [-0.25, -0.2) is 8.78 Å². The van der Waals surface area contributed by atoms with E-state index < -0.39 is 29.6 Å². The Labute approximate surface area is 121 Å². The first kappa shape index (κ1) is 17.0. The van der Waals surface area contributed by atoms with Crippen molar-refractivity contribution in [2.75, 3.05) is 11.9 Å². The Morgan fingerprint density at radius 3 is 2.62 bits per heavy atom. The zero-order valence-electron chi connectivity index (χ0n) is 11.7. The van der Waals surface area contributed by atoms with Crippen molar-refractivity contribution in [2.24, 2.45) is 0 Å². The van der Waals surface area contributed by atoms with Crippen LogP contribution in [-0.4, -0.2) is 29.6 Å². The fourth-order valence-electron chi connectivity index (χ4n) is 1.68. The number of hydrogen-bond donors (Lipinski definition) is 3. The first-order valence-corrected chi connectivity index (χ1v) is 6.65. The van der Waals surface area contributed by atoms with Crippen molar-refractivity contribution < 1.29 is 23.5 Å². The Balaban J connectivity index is 2.59. The van der Waals surface area contributed by atoms with Crippen LogP contribution in [0.2, 0.25) is 0 Å². The minimum atomic E-state index is -1.15. The van der Waals surface area contributed by atoms with Gasteiger partial charge in [-0.3, -0.25) is 9.59 Å². The maximum Gasteiger partial charge on any atom is 0.321 e. The average Bonchev–Trinajstić information content (AvgIpc) is 2.41. The summed E-state index contributed by atoms with van der Waals surface area (Å²) < 4.78 is 26.1. The van der Waals surface area contributed by atoms with E-state index in [0.29, 0.717) is 12.6 Å². The van der Waals surface area contributed by atoms with E-state index in [1.54, 1.807) is 0 Å². The highest BCUT2D eigenvalue weighted by molar-refractivity contribution is 5.94. The monoisotopic (exact) mass is 300 g/mol. The van der Waals surface area contributed by atoms with Crippen LogP contribution in [-0.2, 0) is 9.59 Å². The molecule has 0 fully saturated rings. The van der Waals surface area contributed by atoms with Crippen molar-refractivity contribution >= 4 is 17.6 Å². The summed E-state index contributed by atoms with van der Waals surface area (Å²) in [4.78, 5) is 22.7. The molecule has 0 aliphatic heterocycles. The van der Waals surface area contributed by atoms with Crippen molar-refractivity contribution in [3.63, 3.8) is 0 Å². The number of carbonyl (C=O) groups is 2. The summed E-state index contributed by atoms with van der Waals surface area (Å²) in [6.07, 6.45) is 1.35. The lowest BCUT2D eigenvalue weighted by atomic mass is 10.2.